The van der Waals surface area contributed by atoms with E-state index in [0.29, 0.717) is 16.6 Å². The molecule has 0 bridgehead atoms. The zero-order valence-corrected chi connectivity index (χ0v) is 15.9. The van der Waals surface area contributed by atoms with Crippen LogP contribution in [-0.2, 0) is 9.84 Å². The van der Waals surface area contributed by atoms with Crippen molar-refractivity contribution in [2.45, 2.75) is 42.0 Å². The quantitative estimate of drug-likeness (QED) is 0.663. The van der Waals surface area contributed by atoms with Crippen LogP contribution in [-0.4, -0.2) is 26.0 Å². The van der Waals surface area contributed by atoms with Gasteiger partial charge in [-0.3, -0.25) is 4.98 Å². The SMILES string of the molecule is CC1CCCCN1c1c(S(=O)(=O)c2ccccc2)cnc2ccc(F)cc12. The van der Waals surface area contributed by atoms with Gasteiger partial charge in [-0.2, -0.15) is 0 Å². The van der Waals surface area contributed by atoms with Crippen LogP contribution in [0.1, 0.15) is 26.2 Å². The van der Waals surface area contributed by atoms with Crippen LogP contribution in [0.4, 0.5) is 10.1 Å². The second kappa shape index (κ2) is 6.93. The Bertz CT molecular complexity index is 1080. The standard InChI is InChI=1S/C21H21FN2O2S/c1-15-7-5-6-12-24(15)21-18-13-16(22)10-11-19(18)23-14-20(21)27(25,26)17-8-3-2-4-9-17/h2-4,8-11,13-15H,5-7,12H2,1H3. The molecule has 0 N–H and O–H groups in total. The van der Waals surface area contributed by atoms with Gasteiger partial charge in [0, 0.05) is 24.2 Å². The van der Waals surface area contributed by atoms with Gasteiger partial charge in [0.1, 0.15) is 10.7 Å². The molecule has 1 aliphatic heterocycles. The first-order valence-electron chi connectivity index (χ1n) is 9.13. The first-order valence-corrected chi connectivity index (χ1v) is 10.6. The monoisotopic (exact) mass is 384 g/mol. The maximum Gasteiger partial charge on any atom is 0.210 e. The van der Waals surface area contributed by atoms with Crippen molar-refractivity contribution in [3.63, 3.8) is 0 Å². The zero-order chi connectivity index (χ0) is 19.0. The predicted molar refractivity (Wildman–Crippen MR) is 104 cm³/mol. The minimum Gasteiger partial charge on any atom is -0.367 e. The molecule has 3 aromatic rings. The van der Waals surface area contributed by atoms with Gasteiger partial charge in [-0.1, -0.05) is 18.2 Å². The van der Waals surface area contributed by atoms with Crippen LogP contribution in [0.15, 0.2) is 64.5 Å². The minimum atomic E-state index is -3.77. The summed E-state index contributed by atoms with van der Waals surface area (Å²) >= 11 is 0. The number of hydrogen-bond donors (Lipinski definition) is 0. The highest BCUT2D eigenvalue weighted by molar-refractivity contribution is 7.91. The Hall–Kier alpha value is -2.47. The summed E-state index contributed by atoms with van der Waals surface area (Å²) in [5, 5.41) is 0.542. The molecule has 0 radical (unpaired) electrons. The summed E-state index contributed by atoms with van der Waals surface area (Å²) in [5.74, 6) is -0.399. The summed E-state index contributed by atoms with van der Waals surface area (Å²) in [6, 6.07) is 12.9. The van der Waals surface area contributed by atoms with Gasteiger partial charge >= 0.3 is 0 Å². The Labute approximate surface area is 158 Å². The van der Waals surface area contributed by atoms with Crippen molar-refractivity contribution in [3.05, 3.63) is 60.5 Å². The third-order valence-corrected chi connectivity index (χ3v) is 6.97. The maximum atomic E-state index is 14.0. The molecule has 1 aromatic heterocycles. The van der Waals surface area contributed by atoms with Gasteiger partial charge < -0.3 is 4.90 Å². The first kappa shape index (κ1) is 17.9. The first-order chi connectivity index (χ1) is 13.0. The molecule has 1 saturated heterocycles. The lowest BCUT2D eigenvalue weighted by Gasteiger charge is -2.37. The summed E-state index contributed by atoms with van der Waals surface area (Å²) in [6.45, 7) is 2.83. The number of benzene rings is 2. The highest BCUT2D eigenvalue weighted by Crippen LogP contribution is 2.38. The van der Waals surface area contributed by atoms with Crippen molar-refractivity contribution in [2.24, 2.45) is 0 Å². The molecular formula is C21H21FN2O2S. The minimum absolute atomic E-state index is 0.139. The topological polar surface area (TPSA) is 50.3 Å². The largest absolute Gasteiger partial charge is 0.367 e. The average molecular weight is 384 g/mol. The molecule has 140 valence electrons. The average Bonchev–Trinajstić information content (AvgIpc) is 2.68. The Kier molecular flexibility index (Phi) is 4.60. The second-order valence-corrected chi connectivity index (χ2v) is 8.91. The number of piperidine rings is 1. The molecule has 6 heteroatoms. The number of sulfone groups is 1. The van der Waals surface area contributed by atoms with Gasteiger partial charge in [0.25, 0.3) is 0 Å². The van der Waals surface area contributed by atoms with Crippen LogP contribution in [0.2, 0.25) is 0 Å². The van der Waals surface area contributed by atoms with Crippen molar-refractivity contribution in [1.29, 1.82) is 0 Å². The lowest BCUT2D eigenvalue weighted by molar-refractivity contribution is 0.483. The van der Waals surface area contributed by atoms with Crippen molar-refractivity contribution in [2.75, 3.05) is 11.4 Å². The smallest absolute Gasteiger partial charge is 0.210 e. The Morgan fingerprint density at radius 2 is 1.89 bits per heavy atom. The molecule has 1 unspecified atom stereocenters. The van der Waals surface area contributed by atoms with Crippen LogP contribution in [0, 0.1) is 5.82 Å². The van der Waals surface area contributed by atoms with E-state index in [1.807, 2.05) is 0 Å². The molecule has 2 heterocycles. The van der Waals surface area contributed by atoms with E-state index in [-0.39, 0.29) is 15.8 Å². The van der Waals surface area contributed by atoms with Crippen LogP contribution in [0.3, 0.4) is 0 Å². The number of rotatable bonds is 3. The van der Waals surface area contributed by atoms with E-state index < -0.39 is 15.7 Å². The number of fused-ring (bicyclic) bond motifs is 1. The molecule has 0 amide bonds. The van der Waals surface area contributed by atoms with E-state index in [2.05, 4.69) is 16.8 Å². The fraction of sp³-hybridized carbons (Fsp3) is 0.286. The summed E-state index contributed by atoms with van der Waals surface area (Å²) in [4.78, 5) is 6.78. The molecule has 1 aliphatic rings. The van der Waals surface area contributed by atoms with Crippen molar-refractivity contribution in [3.8, 4) is 0 Å². The predicted octanol–water partition coefficient (Wildman–Crippen LogP) is 4.59. The Balaban J connectivity index is 2.02. The zero-order valence-electron chi connectivity index (χ0n) is 15.1. The highest BCUT2D eigenvalue weighted by Gasteiger charge is 2.30. The van der Waals surface area contributed by atoms with Crippen LogP contribution in [0.25, 0.3) is 10.9 Å². The summed E-state index contributed by atoms with van der Waals surface area (Å²) < 4.78 is 40.8. The fourth-order valence-electron chi connectivity index (χ4n) is 3.78. The molecule has 2 aromatic carbocycles. The van der Waals surface area contributed by atoms with Crippen molar-refractivity contribution < 1.29 is 12.8 Å². The van der Waals surface area contributed by atoms with Gasteiger partial charge in [-0.25, -0.2) is 12.8 Å². The Morgan fingerprint density at radius 3 is 2.63 bits per heavy atom. The van der Waals surface area contributed by atoms with Gasteiger partial charge in [-0.05, 0) is 56.5 Å². The lowest BCUT2D eigenvalue weighted by Crippen LogP contribution is -2.38. The lowest BCUT2D eigenvalue weighted by atomic mass is 10.0. The van der Waals surface area contributed by atoms with Crippen LogP contribution < -0.4 is 4.90 Å². The molecule has 0 aliphatic carbocycles. The van der Waals surface area contributed by atoms with E-state index in [4.69, 9.17) is 0 Å². The summed E-state index contributed by atoms with van der Waals surface area (Å²) in [5.41, 5.74) is 1.16. The third kappa shape index (κ3) is 3.18. The van der Waals surface area contributed by atoms with Crippen molar-refractivity contribution in [1.82, 2.24) is 4.98 Å². The number of aromatic nitrogens is 1. The Morgan fingerprint density at radius 1 is 1.11 bits per heavy atom. The van der Waals surface area contributed by atoms with Gasteiger partial charge in [0.2, 0.25) is 9.84 Å². The van der Waals surface area contributed by atoms with Crippen molar-refractivity contribution >= 4 is 26.4 Å². The molecule has 4 rings (SSSR count). The molecule has 1 atom stereocenters. The number of hydrogen-bond acceptors (Lipinski definition) is 4. The molecule has 0 saturated carbocycles. The van der Waals surface area contributed by atoms with E-state index in [1.165, 1.54) is 18.3 Å². The number of pyridine rings is 1. The molecular weight excluding hydrogens is 363 g/mol. The second-order valence-electron chi connectivity index (χ2n) is 6.99. The van der Waals surface area contributed by atoms with Gasteiger partial charge in [0.05, 0.1) is 16.1 Å². The highest BCUT2D eigenvalue weighted by atomic mass is 32.2. The molecule has 1 fully saturated rings. The number of halogens is 1. The molecule has 4 nitrogen and oxygen atoms in total. The number of anilines is 1. The molecule has 0 spiro atoms. The van der Waals surface area contributed by atoms with Crippen LogP contribution >= 0.6 is 0 Å². The fourth-order valence-corrected chi connectivity index (χ4v) is 5.22. The summed E-state index contributed by atoms with van der Waals surface area (Å²) in [6.07, 6.45) is 4.48. The van der Waals surface area contributed by atoms with E-state index in [1.54, 1.807) is 36.4 Å². The number of nitrogens with zero attached hydrogens (tertiary/aromatic N) is 2. The van der Waals surface area contributed by atoms with Crippen LogP contribution in [0.5, 0.6) is 0 Å². The van der Waals surface area contributed by atoms with E-state index in [9.17, 15) is 12.8 Å². The normalized spacial score (nSPS) is 18.0. The van der Waals surface area contributed by atoms with Gasteiger partial charge in [0.15, 0.2) is 0 Å². The van der Waals surface area contributed by atoms with Gasteiger partial charge in [-0.15, -0.1) is 0 Å². The summed E-state index contributed by atoms with van der Waals surface area (Å²) in [7, 11) is -3.77. The van der Waals surface area contributed by atoms with E-state index in [0.717, 1.165) is 25.8 Å². The third-order valence-electron chi connectivity index (χ3n) is 5.20. The molecule has 27 heavy (non-hydrogen) atoms. The van der Waals surface area contributed by atoms with E-state index >= 15 is 0 Å². The maximum absolute atomic E-state index is 14.0.